The van der Waals surface area contributed by atoms with Gasteiger partial charge in [0.1, 0.15) is 5.76 Å². The number of likely N-dealkylation sites (N-methyl/N-ethyl adjacent to an activating group) is 1. The summed E-state index contributed by atoms with van der Waals surface area (Å²) in [4.78, 5) is 17.0. The number of rotatable bonds is 2. The SMILES string of the molecule is CN1CC[C@@H]2CCN(C(=O)c3cc(C4CC4)on3)[C@H]2C1. The van der Waals surface area contributed by atoms with Crippen LogP contribution < -0.4 is 0 Å². The molecule has 0 bridgehead atoms. The Morgan fingerprint density at radius 3 is 2.90 bits per heavy atom. The number of nitrogens with zero attached hydrogens (tertiary/aromatic N) is 3. The molecule has 2 aliphatic heterocycles. The molecule has 3 fully saturated rings. The first-order chi connectivity index (χ1) is 9.72. The van der Waals surface area contributed by atoms with Gasteiger partial charge in [0.2, 0.25) is 0 Å². The van der Waals surface area contributed by atoms with Gasteiger partial charge in [0.05, 0.1) is 0 Å². The molecule has 3 heterocycles. The van der Waals surface area contributed by atoms with E-state index in [-0.39, 0.29) is 5.91 Å². The molecule has 4 rings (SSSR count). The molecule has 0 N–H and O–H groups in total. The Bertz CT molecular complexity index is 523. The van der Waals surface area contributed by atoms with Crippen molar-refractivity contribution < 1.29 is 9.32 Å². The highest BCUT2D eigenvalue weighted by Crippen LogP contribution is 2.40. The second-order valence-corrected chi connectivity index (χ2v) is 6.55. The fourth-order valence-electron chi connectivity index (χ4n) is 3.65. The van der Waals surface area contributed by atoms with Crippen molar-refractivity contribution in [2.45, 2.75) is 37.6 Å². The Labute approximate surface area is 118 Å². The zero-order chi connectivity index (χ0) is 13.7. The lowest BCUT2D eigenvalue weighted by molar-refractivity contribution is 0.0621. The van der Waals surface area contributed by atoms with Gasteiger partial charge < -0.3 is 14.3 Å². The van der Waals surface area contributed by atoms with Gasteiger partial charge >= 0.3 is 0 Å². The van der Waals surface area contributed by atoms with Crippen molar-refractivity contribution in [2.24, 2.45) is 5.92 Å². The van der Waals surface area contributed by atoms with Crippen LogP contribution in [0.4, 0.5) is 0 Å². The van der Waals surface area contributed by atoms with Crippen LogP contribution in [0.25, 0.3) is 0 Å². The molecule has 108 valence electrons. The van der Waals surface area contributed by atoms with Crippen molar-refractivity contribution in [1.82, 2.24) is 15.0 Å². The van der Waals surface area contributed by atoms with E-state index in [1.165, 1.54) is 19.3 Å². The van der Waals surface area contributed by atoms with Crippen LogP contribution in [0.15, 0.2) is 10.6 Å². The first kappa shape index (κ1) is 12.4. The normalized spacial score (nSPS) is 30.6. The number of hydrogen-bond acceptors (Lipinski definition) is 4. The van der Waals surface area contributed by atoms with Crippen LogP contribution in [-0.2, 0) is 0 Å². The topological polar surface area (TPSA) is 49.6 Å². The van der Waals surface area contributed by atoms with Crippen molar-refractivity contribution in [1.29, 1.82) is 0 Å². The number of hydrogen-bond donors (Lipinski definition) is 0. The van der Waals surface area contributed by atoms with E-state index in [0.29, 0.717) is 23.6 Å². The lowest BCUT2D eigenvalue weighted by Gasteiger charge is -2.36. The summed E-state index contributed by atoms with van der Waals surface area (Å²) in [6.07, 6.45) is 4.68. The van der Waals surface area contributed by atoms with Gasteiger partial charge in [-0.15, -0.1) is 0 Å². The average molecular weight is 275 g/mol. The Hall–Kier alpha value is -1.36. The first-order valence-electron chi connectivity index (χ1n) is 7.68. The molecule has 1 amide bonds. The third kappa shape index (κ3) is 2.04. The third-order valence-corrected chi connectivity index (χ3v) is 5.05. The van der Waals surface area contributed by atoms with Gasteiger partial charge in [-0.2, -0.15) is 0 Å². The van der Waals surface area contributed by atoms with E-state index in [1.54, 1.807) is 0 Å². The zero-order valence-electron chi connectivity index (χ0n) is 11.9. The second-order valence-electron chi connectivity index (χ2n) is 6.55. The van der Waals surface area contributed by atoms with Gasteiger partial charge in [-0.3, -0.25) is 4.79 Å². The number of carbonyl (C=O) groups excluding carboxylic acids is 1. The Morgan fingerprint density at radius 1 is 1.30 bits per heavy atom. The van der Waals surface area contributed by atoms with E-state index in [2.05, 4.69) is 17.1 Å². The number of fused-ring (bicyclic) bond motifs is 1. The van der Waals surface area contributed by atoms with Crippen LogP contribution in [0.1, 0.15) is 47.8 Å². The monoisotopic (exact) mass is 275 g/mol. The average Bonchev–Trinajstić information content (AvgIpc) is 3.03. The van der Waals surface area contributed by atoms with E-state index < -0.39 is 0 Å². The Balaban J connectivity index is 1.52. The number of amides is 1. The van der Waals surface area contributed by atoms with Gasteiger partial charge in [0.25, 0.3) is 5.91 Å². The highest BCUT2D eigenvalue weighted by molar-refractivity contribution is 5.92. The summed E-state index contributed by atoms with van der Waals surface area (Å²) in [6, 6.07) is 2.22. The van der Waals surface area contributed by atoms with Gasteiger partial charge in [0.15, 0.2) is 5.69 Å². The minimum Gasteiger partial charge on any atom is -0.360 e. The summed E-state index contributed by atoms with van der Waals surface area (Å²) < 4.78 is 5.32. The van der Waals surface area contributed by atoms with Crippen LogP contribution in [0.5, 0.6) is 0 Å². The predicted octanol–water partition coefficient (Wildman–Crippen LogP) is 1.72. The van der Waals surface area contributed by atoms with Gasteiger partial charge in [0, 0.05) is 31.1 Å². The summed E-state index contributed by atoms with van der Waals surface area (Å²) >= 11 is 0. The largest absolute Gasteiger partial charge is 0.360 e. The summed E-state index contributed by atoms with van der Waals surface area (Å²) in [5.41, 5.74) is 0.501. The summed E-state index contributed by atoms with van der Waals surface area (Å²) in [6.45, 7) is 3.01. The van der Waals surface area contributed by atoms with Crippen molar-refractivity contribution in [2.75, 3.05) is 26.7 Å². The van der Waals surface area contributed by atoms with E-state index in [0.717, 1.165) is 31.8 Å². The molecule has 1 aromatic rings. The summed E-state index contributed by atoms with van der Waals surface area (Å²) in [5, 5.41) is 4.00. The van der Waals surface area contributed by atoms with Crippen molar-refractivity contribution in [3.05, 3.63) is 17.5 Å². The highest BCUT2D eigenvalue weighted by Gasteiger charge is 2.41. The van der Waals surface area contributed by atoms with Crippen molar-refractivity contribution in [3.8, 4) is 0 Å². The first-order valence-corrected chi connectivity index (χ1v) is 7.68. The van der Waals surface area contributed by atoms with Gasteiger partial charge in [-0.25, -0.2) is 0 Å². The highest BCUT2D eigenvalue weighted by atomic mass is 16.5. The van der Waals surface area contributed by atoms with Gasteiger partial charge in [-0.1, -0.05) is 5.16 Å². The molecule has 20 heavy (non-hydrogen) atoms. The smallest absolute Gasteiger partial charge is 0.276 e. The molecule has 5 nitrogen and oxygen atoms in total. The standard InChI is InChI=1S/C15H21N3O2/c1-17-6-4-10-5-7-18(13(10)9-17)15(19)12-8-14(20-16-12)11-2-3-11/h8,10-11,13H,2-7,9H2,1H3/t10-,13+/m1/s1. The number of piperidine rings is 1. The van der Waals surface area contributed by atoms with E-state index >= 15 is 0 Å². The van der Waals surface area contributed by atoms with Crippen LogP contribution in [0.3, 0.4) is 0 Å². The maximum absolute atomic E-state index is 12.6. The second kappa shape index (κ2) is 4.58. The molecule has 1 aliphatic carbocycles. The molecule has 0 spiro atoms. The Morgan fingerprint density at radius 2 is 2.10 bits per heavy atom. The molecule has 0 aromatic carbocycles. The molecular weight excluding hydrogens is 254 g/mol. The zero-order valence-corrected chi connectivity index (χ0v) is 11.9. The van der Waals surface area contributed by atoms with Crippen LogP contribution in [-0.4, -0.2) is 53.6 Å². The maximum Gasteiger partial charge on any atom is 0.276 e. The fourth-order valence-corrected chi connectivity index (χ4v) is 3.65. The van der Waals surface area contributed by atoms with E-state index in [9.17, 15) is 4.79 Å². The third-order valence-electron chi connectivity index (χ3n) is 5.05. The molecule has 2 saturated heterocycles. The Kier molecular flexibility index (Phi) is 2.84. The molecule has 0 unspecified atom stereocenters. The molecule has 5 heteroatoms. The van der Waals surface area contributed by atoms with Gasteiger partial charge in [-0.05, 0) is 45.2 Å². The van der Waals surface area contributed by atoms with Crippen molar-refractivity contribution >= 4 is 5.91 Å². The van der Waals surface area contributed by atoms with Crippen molar-refractivity contribution in [3.63, 3.8) is 0 Å². The minimum atomic E-state index is 0.0588. The maximum atomic E-state index is 12.6. The minimum absolute atomic E-state index is 0.0588. The predicted molar refractivity (Wildman–Crippen MR) is 73.5 cm³/mol. The van der Waals surface area contributed by atoms with E-state index in [1.807, 2.05) is 11.0 Å². The summed E-state index contributed by atoms with van der Waals surface area (Å²) in [5.74, 6) is 2.13. The molecule has 2 atom stereocenters. The molecule has 1 saturated carbocycles. The van der Waals surface area contributed by atoms with Crippen LogP contribution >= 0.6 is 0 Å². The van der Waals surface area contributed by atoms with Crippen LogP contribution in [0.2, 0.25) is 0 Å². The molecule has 0 radical (unpaired) electrons. The quantitative estimate of drug-likeness (QED) is 0.824. The lowest BCUT2D eigenvalue weighted by Crippen LogP contribution is -2.48. The lowest BCUT2D eigenvalue weighted by atomic mass is 9.92. The molecule has 3 aliphatic rings. The van der Waals surface area contributed by atoms with Crippen LogP contribution in [0, 0.1) is 5.92 Å². The fraction of sp³-hybridized carbons (Fsp3) is 0.733. The molecular formula is C15H21N3O2. The summed E-state index contributed by atoms with van der Waals surface area (Å²) in [7, 11) is 2.14. The molecule has 1 aromatic heterocycles. The van der Waals surface area contributed by atoms with E-state index in [4.69, 9.17) is 4.52 Å². The number of carbonyl (C=O) groups is 1. The number of aromatic nitrogens is 1. The number of likely N-dealkylation sites (tertiary alicyclic amines) is 2.